The highest BCUT2D eigenvalue weighted by Gasteiger charge is 2.30. The van der Waals surface area contributed by atoms with Crippen LogP contribution in [0.5, 0.6) is 0 Å². The highest BCUT2D eigenvalue weighted by molar-refractivity contribution is 5.94. The first-order valence-corrected chi connectivity index (χ1v) is 12.3. The van der Waals surface area contributed by atoms with Crippen molar-refractivity contribution < 1.29 is 22.8 Å². The Labute approximate surface area is 223 Å². The van der Waals surface area contributed by atoms with E-state index < -0.39 is 11.7 Å². The summed E-state index contributed by atoms with van der Waals surface area (Å²) < 4.78 is 40.4. The highest BCUT2D eigenvalue weighted by atomic mass is 19.4. The molecule has 4 aromatic rings. The van der Waals surface area contributed by atoms with Gasteiger partial charge in [0.05, 0.1) is 16.9 Å². The van der Waals surface area contributed by atoms with Gasteiger partial charge in [0, 0.05) is 30.3 Å². The molecule has 39 heavy (non-hydrogen) atoms. The Balaban J connectivity index is 1.67. The second-order valence-electron chi connectivity index (χ2n) is 9.24. The summed E-state index contributed by atoms with van der Waals surface area (Å²) in [6.45, 7) is 3.96. The minimum absolute atomic E-state index is 0.0782. The van der Waals surface area contributed by atoms with Crippen LogP contribution in [0.4, 0.5) is 18.9 Å². The summed E-state index contributed by atoms with van der Waals surface area (Å²) in [5, 5.41) is 10.1. The van der Waals surface area contributed by atoms with Gasteiger partial charge < -0.3 is 16.4 Å². The summed E-state index contributed by atoms with van der Waals surface area (Å²) in [4.78, 5) is 24.6. The summed E-state index contributed by atoms with van der Waals surface area (Å²) in [6.07, 6.45) is -4.18. The molecule has 3 aromatic carbocycles. The first kappa shape index (κ1) is 27.6. The van der Waals surface area contributed by atoms with Gasteiger partial charge in [0.15, 0.2) is 5.69 Å². The number of nitrogens with two attached hydrogens (primary N) is 1. The molecule has 0 aliphatic rings. The van der Waals surface area contributed by atoms with Crippen LogP contribution in [-0.4, -0.2) is 34.2 Å². The lowest BCUT2D eigenvalue weighted by atomic mass is 10.0. The van der Waals surface area contributed by atoms with Crippen molar-refractivity contribution >= 4 is 17.5 Å². The van der Waals surface area contributed by atoms with Gasteiger partial charge in [0.2, 0.25) is 5.91 Å². The zero-order valence-electron chi connectivity index (χ0n) is 21.4. The van der Waals surface area contributed by atoms with E-state index in [1.54, 1.807) is 47.1 Å². The molecular formula is C29H28F3N5O2. The van der Waals surface area contributed by atoms with Crippen molar-refractivity contribution in [3.8, 4) is 28.1 Å². The van der Waals surface area contributed by atoms with Crippen molar-refractivity contribution in [2.24, 2.45) is 5.73 Å². The van der Waals surface area contributed by atoms with Gasteiger partial charge in [-0.05, 0) is 67.4 Å². The van der Waals surface area contributed by atoms with Crippen LogP contribution in [-0.2, 0) is 11.0 Å². The molecule has 0 unspecified atom stereocenters. The van der Waals surface area contributed by atoms with Gasteiger partial charge in [-0.1, -0.05) is 36.4 Å². The predicted molar refractivity (Wildman–Crippen MR) is 144 cm³/mol. The lowest BCUT2D eigenvalue weighted by Gasteiger charge is -2.11. The molecule has 0 atom stereocenters. The fourth-order valence-corrected chi connectivity index (χ4v) is 3.96. The number of carbonyl (C=O) groups excluding carboxylic acids is 2. The number of nitrogens with one attached hydrogen (secondary N) is 2. The molecule has 0 bridgehead atoms. The average molecular weight is 536 g/mol. The minimum atomic E-state index is -4.39. The third-order valence-electron chi connectivity index (χ3n) is 5.86. The van der Waals surface area contributed by atoms with Crippen molar-refractivity contribution in [2.45, 2.75) is 32.5 Å². The molecule has 10 heteroatoms. The van der Waals surface area contributed by atoms with Gasteiger partial charge >= 0.3 is 6.18 Å². The summed E-state index contributed by atoms with van der Waals surface area (Å²) in [5.74, 6) is -0.511. The number of benzene rings is 3. The number of aromatic nitrogens is 2. The smallest absolute Gasteiger partial charge is 0.348 e. The van der Waals surface area contributed by atoms with E-state index in [1.807, 2.05) is 26.0 Å². The Morgan fingerprint density at radius 3 is 2.00 bits per heavy atom. The van der Waals surface area contributed by atoms with Crippen LogP contribution in [0.1, 0.15) is 36.3 Å². The molecule has 0 saturated carbocycles. The maximum absolute atomic E-state index is 12.9. The Morgan fingerprint density at radius 2 is 1.46 bits per heavy atom. The minimum Gasteiger partial charge on any atom is -0.348 e. The van der Waals surface area contributed by atoms with Gasteiger partial charge in [0.1, 0.15) is 0 Å². The molecule has 0 saturated heterocycles. The van der Waals surface area contributed by atoms with Crippen molar-refractivity contribution in [2.75, 3.05) is 11.9 Å². The van der Waals surface area contributed by atoms with E-state index in [0.29, 0.717) is 22.6 Å². The number of rotatable bonds is 8. The Hall–Kier alpha value is -4.44. The maximum atomic E-state index is 12.9. The van der Waals surface area contributed by atoms with Crippen LogP contribution in [0.3, 0.4) is 0 Å². The van der Waals surface area contributed by atoms with Gasteiger partial charge in [-0.15, -0.1) is 0 Å². The number of carbonyl (C=O) groups is 2. The molecule has 0 aliphatic carbocycles. The van der Waals surface area contributed by atoms with E-state index in [4.69, 9.17) is 5.73 Å². The van der Waals surface area contributed by atoms with Crippen molar-refractivity contribution in [3.05, 3.63) is 90.1 Å². The maximum Gasteiger partial charge on any atom is 0.416 e. The second-order valence-corrected chi connectivity index (χ2v) is 9.24. The van der Waals surface area contributed by atoms with E-state index in [2.05, 4.69) is 15.7 Å². The number of hydrogen-bond donors (Lipinski definition) is 3. The van der Waals surface area contributed by atoms with Gasteiger partial charge in [-0.2, -0.15) is 18.3 Å². The Morgan fingerprint density at radius 1 is 0.897 bits per heavy atom. The number of hydrogen-bond acceptors (Lipinski definition) is 4. The third-order valence-corrected chi connectivity index (χ3v) is 5.86. The summed E-state index contributed by atoms with van der Waals surface area (Å²) in [6, 6.07) is 20.9. The van der Waals surface area contributed by atoms with Crippen LogP contribution in [0.15, 0.2) is 78.9 Å². The molecule has 0 fully saturated rings. The summed E-state index contributed by atoms with van der Waals surface area (Å²) in [7, 11) is 0. The SMILES string of the molecule is CC(C)NC(=O)c1cc(-c2ccc(-c3ccc(C(F)(F)F)cc3)cc2)n(-c2ccc(NC(=O)CCN)cc2)n1. The lowest BCUT2D eigenvalue weighted by Crippen LogP contribution is -2.30. The topological polar surface area (TPSA) is 102 Å². The van der Waals surface area contributed by atoms with Crippen LogP contribution >= 0.6 is 0 Å². The van der Waals surface area contributed by atoms with Crippen LogP contribution in [0.2, 0.25) is 0 Å². The number of anilines is 1. The van der Waals surface area contributed by atoms with Gasteiger partial charge in [0.25, 0.3) is 5.91 Å². The molecule has 7 nitrogen and oxygen atoms in total. The van der Waals surface area contributed by atoms with E-state index in [9.17, 15) is 22.8 Å². The fourth-order valence-electron chi connectivity index (χ4n) is 3.96. The summed E-state index contributed by atoms with van der Waals surface area (Å²) >= 11 is 0. The second kappa shape index (κ2) is 11.5. The van der Waals surface area contributed by atoms with Crippen molar-refractivity contribution in [3.63, 3.8) is 0 Å². The molecule has 1 heterocycles. The first-order valence-electron chi connectivity index (χ1n) is 12.3. The van der Waals surface area contributed by atoms with E-state index in [0.717, 1.165) is 23.3 Å². The monoisotopic (exact) mass is 535 g/mol. The molecule has 4 N–H and O–H groups in total. The van der Waals surface area contributed by atoms with Crippen LogP contribution in [0.25, 0.3) is 28.1 Å². The zero-order valence-corrected chi connectivity index (χ0v) is 21.4. The van der Waals surface area contributed by atoms with Gasteiger partial charge in [-0.25, -0.2) is 4.68 Å². The third kappa shape index (κ3) is 6.71. The molecule has 2 amide bonds. The average Bonchev–Trinajstić information content (AvgIpc) is 3.34. The number of halogens is 3. The van der Waals surface area contributed by atoms with Crippen molar-refractivity contribution in [1.29, 1.82) is 0 Å². The van der Waals surface area contributed by atoms with Crippen molar-refractivity contribution in [1.82, 2.24) is 15.1 Å². The van der Waals surface area contributed by atoms with E-state index in [1.165, 1.54) is 12.1 Å². The summed E-state index contributed by atoms with van der Waals surface area (Å²) in [5.41, 5.74) is 9.00. The molecular weight excluding hydrogens is 507 g/mol. The van der Waals surface area contributed by atoms with E-state index in [-0.39, 0.29) is 36.5 Å². The highest BCUT2D eigenvalue weighted by Crippen LogP contribution is 2.32. The van der Waals surface area contributed by atoms with Gasteiger partial charge in [-0.3, -0.25) is 9.59 Å². The van der Waals surface area contributed by atoms with Crippen LogP contribution in [0, 0.1) is 0 Å². The van der Waals surface area contributed by atoms with Crippen LogP contribution < -0.4 is 16.4 Å². The molecule has 202 valence electrons. The number of alkyl halides is 3. The zero-order chi connectivity index (χ0) is 28.2. The quantitative estimate of drug-likeness (QED) is 0.271. The number of amides is 2. The number of nitrogens with zero attached hydrogens (tertiary/aromatic N) is 2. The normalized spacial score (nSPS) is 11.5. The lowest BCUT2D eigenvalue weighted by molar-refractivity contribution is -0.137. The predicted octanol–water partition coefficient (Wildman–Crippen LogP) is 5.65. The molecule has 1 aromatic heterocycles. The standard InChI is InChI=1S/C29H28F3N5O2/c1-18(2)34-28(39)25-17-26(37(36-25)24-13-11-23(12-14-24)35-27(38)15-16-33)21-5-3-19(4-6-21)20-7-9-22(10-8-20)29(30,31)32/h3-14,17-18H,15-16,33H2,1-2H3,(H,34,39)(H,35,38). The molecule has 0 aliphatic heterocycles. The fraction of sp³-hybridized carbons (Fsp3) is 0.207. The molecule has 0 spiro atoms. The largest absolute Gasteiger partial charge is 0.416 e. The molecule has 4 rings (SSSR count). The first-order chi connectivity index (χ1) is 18.5. The molecule has 0 radical (unpaired) electrons. The Bertz CT molecular complexity index is 1440. The van der Waals surface area contributed by atoms with E-state index >= 15 is 0 Å². The Kier molecular flexibility index (Phi) is 8.15.